The number of ether oxygens (including phenoxy) is 3. The Bertz CT molecular complexity index is 1910. The van der Waals surface area contributed by atoms with Gasteiger partial charge in [-0.05, 0) is 88.2 Å². The fraction of sp³-hybridized carbons (Fsp3) is 0.282. The van der Waals surface area contributed by atoms with Gasteiger partial charge in [-0.2, -0.15) is 5.21 Å². The molecule has 0 aliphatic carbocycles. The molecule has 260 valence electrons. The van der Waals surface area contributed by atoms with E-state index in [1.807, 2.05) is 66.7 Å². The zero-order valence-electron chi connectivity index (χ0n) is 28.9. The fourth-order valence-corrected chi connectivity index (χ4v) is 5.60. The lowest BCUT2D eigenvalue weighted by atomic mass is 9.72. The first-order valence-corrected chi connectivity index (χ1v) is 16.2. The highest BCUT2D eigenvalue weighted by molar-refractivity contribution is 5.86. The predicted molar refractivity (Wildman–Crippen MR) is 187 cm³/mol. The third-order valence-electron chi connectivity index (χ3n) is 7.62. The lowest BCUT2D eigenvalue weighted by molar-refractivity contribution is 0.0658. The highest BCUT2D eigenvalue weighted by atomic mass is 16.5. The number of aromatic nitrogens is 4. The maximum Gasteiger partial charge on any atom is 0.372 e. The second kappa shape index (κ2) is 16.0. The molecule has 0 spiro atoms. The van der Waals surface area contributed by atoms with Crippen molar-refractivity contribution in [2.45, 2.75) is 66.3 Å². The van der Waals surface area contributed by atoms with Crippen LogP contribution in [0.5, 0.6) is 17.2 Å². The summed E-state index contributed by atoms with van der Waals surface area (Å²) in [7, 11) is 0. The Hall–Kier alpha value is -5.84. The highest BCUT2D eigenvalue weighted by Gasteiger charge is 2.27. The molecule has 0 amide bonds. The van der Waals surface area contributed by atoms with Gasteiger partial charge < -0.3 is 28.2 Å². The molecule has 3 aromatic carbocycles. The lowest BCUT2D eigenvalue weighted by Crippen LogP contribution is -2.24. The Morgan fingerprint density at radius 2 is 1.38 bits per heavy atom. The number of nitrogens with one attached hydrogen (secondary N) is 1. The molecule has 0 saturated heterocycles. The van der Waals surface area contributed by atoms with Crippen molar-refractivity contribution in [2.24, 2.45) is 5.41 Å². The second-order valence-corrected chi connectivity index (χ2v) is 13.6. The maximum atomic E-state index is 11.0. The number of H-pyrrole nitrogens is 1. The van der Waals surface area contributed by atoms with E-state index in [-0.39, 0.29) is 23.2 Å². The molecular formula is C39H42N4O7. The van der Waals surface area contributed by atoms with Gasteiger partial charge in [-0.1, -0.05) is 77.1 Å². The van der Waals surface area contributed by atoms with Gasteiger partial charge in [0, 0.05) is 5.56 Å². The average molecular weight is 679 g/mol. The second-order valence-electron chi connectivity index (χ2n) is 13.6. The van der Waals surface area contributed by atoms with Crippen LogP contribution < -0.4 is 14.2 Å². The minimum atomic E-state index is -1.11. The monoisotopic (exact) mass is 678 g/mol. The molecule has 2 N–H and O–H groups in total. The minimum absolute atomic E-state index is 0.0992. The van der Waals surface area contributed by atoms with Crippen LogP contribution in [0.1, 0.15) is 74.0 Å². The van der Waals surface area contributed by atoms with Crippen LogP contribution in [-0.2, 0) is 25.2 Å². The third-order valence-corrected chi connectivity index (χ3v) is 7.62. The molecule has 0 fully saturated rings. The van der Waals surface area contributed by atoms with E-state index >= 15 is 0 Å². The van der Waals surface area contributed by atoms with Crippen LogP contribution in [0.3, 0.4) is 0 Å². The number of benzene rings is 3. The number of rotatable bonds is 13. The molecule has 0 aliphatic rings. The number of carboxylic acids is 1. The van der Waals surface area contributed by atoms with Crippen molar-refractivity contribution in [2.75, 3.05) is 0 Å². The molecule has 0 saturated carbocycles. The molecule has 11 nitrogen and oxygen atoms in total. The molecule has 0 aliphatic heterocycles. The average Bonchev–Trinajstić information content (AvgIpc) is 3.89. The molecule has 6 rings (SSSR count). The number of carboxylic acid groups (broad SMARTS) is 1. The van der Waals surface area contributed by atoms with Gasteiger partial charge in [-0.25, -0.2) is 4.79 Å². The number of carbonyl (C=O) groups is 1. The van der Waals surface area contributed by atoms with Gasteiger partial charge in [0.25, 0.3) is 0 Å². The Kier molecular flexibility index (Phi) is 11.4. The van der Waals surface area contributed by atoms with Crippen LogP contribution in [-0.4, -0.2) is 31.7 Å². The smallest absolute Gasteiger partial charge is 0.372 e. The summed E-state index contributed by atoms with van der Waals surface area (Å²) >= 11 is 0. The normalized spacial score (nSPS) is 11.4. The van der Waals surface area contributed by atoms with Crippen LogP contribution >= 0.6 is 0 Å². The summed E-state index contributed by atoms with van der Waals surface area (Å²) in [6.07, 6.45) is 2.45. The number of nitrogens with zero attached hydrogens (tertiary/aromatic N) is 3. The molecular weight excluding hydrogens is 636 g/mol. The summed E-state index contributed by atoms with van der Waals surface area (Å²) in [4.78, 5) is 11.0. The minimum Gasteiger partial charge on any atom is -0.489 e. The van der Waals surface area contributed by atoms with Crippen LogP contribution in [0.25, 0.3) is 11.6 Å². The first-order chi connectivity index (χ1) is 23.9. The summed E-state index contributed by atoms with van der Waals surface area (Å²) in [5.41, 5.74) is 3.31. The van der Waals surface area contributed by atoms with Crippen molar-refractivity contribution in [1.82, 2.24) is 20.6 Å². The number of aromatic carboxylic acids is 1. The summed E-state index contributed by atoms with van der Waals surface area (Å²) in [5, 5.41) is 22.7. The number of aromatic amines is 1. The molecule has 11 heteroatoms. The van der Waals surface area contributed by atoms with Crippen LogP contribution in [0.4, 0.5) is 0 Å². The van der Waals surface area contributed by atoms with Gasteiger partial charge in [0.15, 0.2) is 5.76 Å². The highest BCUT2D eigenvalue weighted by Crippen LogP contribution is 2.36. The summed E-state index contributed by atoms with van der Waals surface area (Å²) in [6, 6.07) is 30.7. The van der Waals surface area contributed by atoms with E-state index in [2.05, 4.69) is 67.4 Å². The van der Waals surface area contributed by atoms with E-state index in [1.165, 1.54) is 11.8 Å². The summed E-state index contributed by atoms with van der Waals surface area (Å²) < 4.78 is 27.7. The Morgan fingerprint density at radius 1 is 0.760 bits per heavy atom. The quantitative estimate of drug-likeness (QED) is 0.121. The van der Waals surface area contributed by atoms with Crippen molar-refractivity contribution in [3.8, 4) is 28.8 Å². The van der Waals surface area contributed by atoms with E-state index in [0.29, 0.717) is 41.9 Å². The number of furan rings is 2. The zero-order chi connectivity index (χ0) is 35.6. The SMILES string of the molecule is CC(C)(C)CC(C)(C)c1ccc(OCc2ccc(-c3nn[nH]n3)o2)cc1.O=C(O)c1occc1COc1ccc(OCc2ccccc2)cc1. The molecule has 0 unspecified atom stereocenters. The summed E-state index contributed by atoms with van der Waals surface area (Å²) in [6.45, 7) is 12.4. The van der Waals surface area contributed by atoms with E-state index in [1.54, 1.807) is 18.2 Å². The fourth-order valence-electron chi connectivity index (χ4n) is 5.60. The molecule has 3 heterocycles. The number of hydrogen-bond acceptors (Lipinski definition) is 9. The molecule has 50 heavy (non-hydrogen) atoms. The molecule has 0 atom stereocenters. The predicted octanol–water partition coefficient (Wildman–Crippen LogP) is 8.89. The first kappa shape index (κ1) is 35.5. The Morgan fingerprint density at radius 3 is 1.98 bits per heavy atom. The standard InChI is InChI=1S/C20H26N4O2.C19H16O5/c1-19(2,3)13-20(4,5)14-6-8-15(9-7-14)25-12-16-10-11-17(26-16)18-21-23-24-22-18;20-19(21)18-15(10-11-22-18)13-24-17-8-6-16(7-9-17)23-12-14-4-2-1-3-5-14/h6-11H,12-13H2,1-5H3,(H,21,22,23,24);1-11H,12-13H2,(H,20,21). The van der Waals surface area contributed by atoms with Crippen molar-refractivity contribution in [3.63, 3.8) is 0 Å². The Balaban J connectivity index is 0.000000195. The molecule has 6 aromatic rings. The zero-order valence-corrected chi connectivity index (χ0v) is 28.9. The number of hydrogen-bond donors (Lipinski definition) is 2. The lowest BCUT2D eigenvalue weighted by Gasteiger charge is -2.33. The molecule has 0 radical (unpaired) electrons. The van der Waals surface area contributed by atoms with E-state index in [0.717, 1.165) is 23.5 Å². The van der Waals surface area contributed by atoms with Gasteiger partial charge in [0.05, 0.1) is 6.26 Å². The van der Waals surface area contributed by atoms with E-state index < -0.39 is 5.97 Å². The molecule has 0 bridgehead atoms. The van der Waals surface area contributed by atoms with Crippen LogP contribution in [0.15, 0.2) is 112 Å². The van der Waals surface area contributed by atoms with Crippen molar-refractivity contribution in [1.29, 1.82) is 0 Å². The Labute approximate surface area is 291 Å². The van der Waals surface area contributed by atoms with E-state index in [4.69, 9.17) is 28.2 Å². The molecule has 3 aromatic heterocycles. The van der Waals surface area contributed by atoms with Crippen LogP contribution in [0, 0.1) is 5.41 Å². The van der Waals surface area contributed by atoms with Crippen molar-refractivity contribution in [3.05, 3.63) is 132 Å². The van der Waals surface area contributed by atoms with Gasteiger partial charge >= 0.3 is 5.97 Å². The van der Waals surface area contributed by atoms with E-state index in [9.17, 15) is 4.79 Å². The van der Waals surface area contributed by atoms with Crippen molar-refractivity contribution < 1.29 is 32.9 Å². The third kappa shape index (κ3) is 10.3. The number of tetrazole rings is 1. The van der Waals surface area contributed by atoms with Gasteiger partial charge in [-0.3, -0.25) is 0 Å². The van der Waals surface area contributed by atoms with Gasteiger partial charge in [-0.15, -0.1) is 10.2 Å². The maximum absolute atomic E-state index is 11.0. The topological polar surface area (TPSA) is 146 Å². The van der Waals surface area contributed by atoms with Gasteiger partial charge in [0.2, 0.25) is 11.6 Å². The largest absolute Gasteiger partial charge is 0.489 e. The van der Waals surface area contributed by atoms with Crippen molar-refractivity contribution >= 4 is 5.97 Å². The summed E-state index contributed by atoms with van der Waals surface area (Å²) in [5.74, 6) is 2.68. The first-order valence-electron chi connectivity index (χ1n) is 16.2. The van der Waals surface area contributed by atoms with Crippen LogP contribution in [0.2, 0.25) is 0 Å². The van der Waals surface area contributed by atoms with Gasteiger partial charge in [0.1, 0.15) is 42.8 Å².